The lowest BCUT2D eigenvalue weighted by Crippen LogP contribution is -1.93. The van der Waals surface area contributed by atoms with Crippen LogP contribution in [0.3, 0.4) is 0 Å². The molecule has 0 unspecified atom stereocenters. The normalized spacial score (nSPS) is 10.5. The maximum atomic E-state index is 5.90. The van der Waals surface area contributed by atoms with Crippen LogP contribution in [0.15, 0.2) is 27.3 Å². The SMILES string of the molecule is Cc1nc(-c2ccco2)nc(Cl)c1Br. The number of furan rings is 1. The maximum absolute atomic E-state index is 5.90. The molecule has 14 heavy (non-hydrogen) atoms. The Morgan fingerprint density at radius 2 is 2.21 bits per heavy atom. The zero-order chi connectivity index (χ0) is 10.1. The van der Waals surface area contributed by atoms with E-state index < -0.39 is 0 Å². The van der Waals surface area contributed by atoms with Gasteiger partial charge in [-0.15, -0.1) is 0 Å². The van der Waals surface area contributed by atoms with Crippen LogP contribution in [-0.4, -0.2) is 9.97 Å². The minimum atomic E-state index is 0.393. The van der Waals surface area contributed by atoms with Crippen molar-refractivity contribution in [2.45, 2.75) is 6.92 Å². The molecule has 0 aliphatic carbocycles. The van der Waals surface area contributed by atoms with E-state index >= 15 is 0 Å². The van der Waals surface area contributed by atoms with Crippen LogP contribution in [0.25, 0.3) is 11.6 Å². The van der Waals surface area contributed by atoms with Crippen LogP contribution in [0.1, 0.15) is 5.69 Å². The number of hydrogen-bond donors (Lipinski definition) is 0. The van der Waals surface area contributed by atoms with E-state index in [1.54, 1.807) is 18.4 Å². The second-order valence-electron chi connectivity index (χ2n) is 2.71. The highest BCUT2D eigenvalue weighted by atomic mass is 79.9. The molecule has 0 fully saturated rings. The molecular weight excluding hydrogens is 267 g/mol. The lowest BCUT2D eigenvalue weighted by molar-refractivity contribution is 0.577. The van der Waals surface area contributed by atoms with Crippen LogP contribution in [0.5, 0.6) is 0 Å². The number of halogens is 2. The Hall–Kier alpha value is -0.870. The molecule has 5 heteroatoms. The highest BCUT2D eigenvalue weighted by Gasteiger charge is 2.10. The van der Waals surface area contributed by atoms with Crippen molar-refractivity contribution in [1.29, 1.82) is 0 Å². The summed E-state index contributed by atoms with van der Waals surface area (Å²) in [5, 5.41) is 0.393. The number of aryl methyl sites for hydroxylation is 1. The first-order valence-electron chi connectivity index (χ1n) is 3.92. The second-order valence-corrected chi connectivity index (χ2v) is 3.87. The Kier molecular flexibility index (Phi) is 2.56. The molecule has 0 aliphatic rings. The molecule has 0 spiro atoms. The minimum Gasteiger partial charge on any atom is -0.461 e. The molecular formula is C9H6BrClN2O. The zero-order valence-electron chi connectivity index (χ0n) is 7.29. The largest absolute Gasteiger partial charge is 0.461 e. The van der Waals surface area contributed by atoms with Crippen molar-refractivity contribution in [3.8, 4) is 11.6 Å². The summed E-state index contributed by atoms with van der Waals surface area (Å²) >= 11 is 9.19. The molecule has 0 saturated carbocycles. The fourth-order valence-corrected chi connectivity index (χ4v) is 1.43. The molecule has 0 bridgehead atoms. The molecule has 2 heterocycles. The quantitative estimate of drug-likeness (QED) is 0.747. The fraction of sp³-hybridized carbons (Fsp3) is 0.111. The smallest absolute Gasteiger partial charge is 0.197 e. The third kappa shape index (κ3) is 1.67. The summed E-state index contributed by atoms with van der Waals surface area (Å²) < 4.78 is 5.89. The van der Waals surface area contributed by atoms with Crippen molar-refractivity contribution in [2.75, 3.05) is 0 Å². The molecule has 0 saturated heterocycles. The predicted molar refractivity (Wildman–Crippen MR) is 57.2 cm³/mol. The molecule has 2 aromatic heterocycles. The minimum absolute atomic E-state index is 0.393. The van der Waals surface area contributed by atoms with E-state index in [-0.39, 0.29) is 0 Å². The van der Waals surface area contributed by atoms with Gasteiger partial charge < -0.3 is 4.42 Å². The summed E-state index contributed by atoms with van der Waals surface area (Å²) in [5.41, 5.74) is 0.788. The third-order valence-electron chi connectivity index (χ3n) is 1.72. The summed E-state index contributed by atoms with van der Waals surface area (Å²) in [4.78, 5) is 8.33. The Morgan fingerprint density at radius 3 is 2.79 bits per heavy atom. The molecule has 0 atom stereocenters. The summed E-state index contributed by atoms with van der Waals surface area (Å²) in [6, 6.07) is 3.57. The van der Waals surface area contributed by atoms with Crippen LogP contribution < -0.4 is 0 Å². The number of aromatic nitrogens is 2. The highest BCUT2D eigenvalue weighted by molar-refractivity contribution is 9.10. The van der Waals surface area contributed by atoms with Gasteiger partial charge in [0.15, 0.2) is 11.6 Å². The lowest BCUT2D eigenvalue weighted by atomic mass is 10.4. The van der Waals surface area contributed by atoms with E-state index in [1.165, 1.54) is 0 Å². The topological polar surface area (TPSA) is 38.9 Å². The van der Waals surface area contributed by atoms with Gasteiger partial charge in [0.25, 0.3) is 0 Å². The molecule has 0 radical (unpaired) electrons. The van der Waals surface area contributed by atoms with Gasteiger partial charge in [0.1, 0.15) is 5.15 Å². The van der Waals surface area contributed by atoms with Gasteiger partial charge in [0, 0.05) is 0 Å². The van der Waals surface area contributed by atoms with E-state index in [9.17, 15) is 0 Å². The molecule has 3 nitrogen and oxygen atoms in total. The van der Waals surface area contributed by atoms with Gasteiger partial charge in [0.05, 0.1) is 16.4 Å². The number of rotatable bonds is 1. The van der Waals surface area contributed by atoms with E-state index in [0.29, 0.717) is 16.7 Å². The van der Waals surface area contributed by atoms with Gasteiger partial charge in [-0.25, -0.2) is 9.97 Å². The van der Waals surface area contributed by atoms with E-state index in [4.69, 9.17) is 16.0 Å². The predicted octanol–water partition coefficient (Wildman–Crippen LogP) is 3.46. The van der Waals surface area contributed by atoms with E-state index in [2.05, 4.69) is 25.9 Å². The van der Waals surface area contributed by atoms with Crippen molar-refractivity contribution < 1.29 is 4.42 Å². The first-order chi connectivity index (χ1) is 6.68. The van der Waals surface area contributed by atoms with Gasteiger partial charge in [-0.1, -0.05) is 11.6 Å². The molecule has 0 aliphatic heterocycles. The lowest BCUT2D eigenvalue weighted by Gasteiger charge is -2.01. The number of hydrogen-bond acceptors (Lipinski definition) is 3. The van der Waals surface area contributed by atoms with Gasteiger partial charge in [-0.2, -0.15) is 0 Å². The molecule has 72 valence electrons. The Labute approximate surface area is 94.3 Å². The highest BCUT2D eigenvalue weighted by Crippen LogP contribution is 2.26. The maximum Gasteiger partial charge on any atom is 0.197 e. The van der Waals surface area contributed by atoms with Crippen LogP contribution in [0, 0.1) is 6.92 Å². The van der Waals surface area contributed by atoms with Crippen molar-refractivity contribution >= 4 is 27.5 Å². The summed E-state index contributed by atoms with van der Waals surface area (Å²) in [6.07, 6.45) is 1.57. The third-order valence-corrected chi connectivity index (χ3v) is 3.17. The Balaban J connectivity index is 2.57. The van der Waals surface area contributed by atoms with Gasteiger partial charge in [0.2, 0.25) is 0 Å². The molecule has 0 aromatic carbocycles. The van der Waals surface area contributed by atoms with E-state index in [1.807, 2.05) is 6.92 Å². The Bertz CT molecular complexity index is 433. The van der Waals surface area contributed by atoms with Crippen molar-refractivity contribution in [3.63, 3.8) is 0 Å². The summed E-state index contributed by atoms with van der Waals surface area (Å²) in [5.74, 6) is 1.11. The van der Waals surface area contributed by atoms with Crippen LogP contribution in [0.2, 0.25) is 5.15 Å². The monoisotopic (exact) mass is 272 g/mol. The molecule has 0 amide bonds. The van der Waals surface area contributed by atoms with Crippen molar-refractivity contribution in [1.82, 2.24) is 9.97 Å². The first kappa shape index (κ1) is 9.68. The fourth-order valence-electron chi connectivity index (χ4n) is 1.04. The van der Waals surface area contributed by atoms with Crippen LogP contribution in [0.4, 0.5) is 0 Å². The standard InChI is InChI=1S/C9H6BrClN2O/c1-5-7(10)8(11)13-9(12-5)6-3-2-4-14-6/h2-4H,1H3. The van der Waals surface area contributed by atoms with E-state index in [0.717, 1.165) is 10.2 Å². The number of nitrogens with zero attached hydrogens (tertiary/aromatic N) is 2. The molecule has 0 N–H and O–H groups in total. The zero-order valence-corrected chi connectivity index (χ0v) is 9.63. The average molecular weight is 274 g/mol. The van der Waals surface area contributed by atoms with Gasteiger partial charge in [-0.05, 0) is 35.0 Å². The second kappa shape index (κ2) is 3.71. The summed E-state index contributed by atoms with van der Waals surface area (Å²) in [7, 11) is 0. The average Bonchev–Trinajstić information content (AvgIpc) is 2.66. The van der Waals surface area contributed by atoms with Crippen LogP contribution >= 0.6 is 27.5 Å². The summed E-state index contributed by atoms with van der Waals surface area (Å²) in [6.45, 7) is 1.85. The van der Waals surface area contributed by atoms with Crippen LogP contribution in [-0.2, 0) is 0 Å². The molecule has 2 rings (SSSR count). The Morgan fingerprint density at radius 1 is 1.43 bits per heavy atom. The van der Waals surface area contributed by atoms with Crippen molar-refractivity contribution in [3.05, 3.63) is 33.7 Å². The van der Waals surface area contributed by atoms with Gasteiger partial charge in [-0.3, -0.25) is 0 Å². The van der Waals surface area contributed by atoms with Crippen molar-refractivity contribution in [2.24, 2.45) is 0 Å². The van der Waals surface area contributed by atoms with Gasteiger partial charge >= 0.3 is 0 Å². The first-order valence-corrected chi connectivity index (χ1v) is 5.09. The molecule has 2 aromatic rings.